The normalized spacial score (nSPS) is 23.0. The number of benzene rings is 2. The Morgan fingerprint density at radius 3 is 2.58 bits per heavy atom. The number of carbonyl (C=O) groups is 3. The summed E-state index contributed by atoms with van der Waals surface area (Å²) in [5.74, 6) is -4.52. The zero-order valence-corrected chi connectivity index (χ0v) is 19.6. The lowest BCUT2D eigenvalue weighted by Crippen LogP contribution is -2.63. The van der Waals surface area contributed by atoms with Gasteiger partial charge >= 0.3 is 0 Å². The van der Waals surface area contributed by atoms with Crippen molar-refractivity contribution in [2.75, 3.05) is 31.6 Å². The first kappa shape index (κ1) is 24.3. The number of fused-ring (bicyclic) bond motifs is 1. The molecular weight excluding hydrogens is 468 g/mol. The fraction of sp³-hybridized carbons (Fsp3) is 0.400. The van der Waals surface area contributed by atoms with Crippen molar-refractivity contribution >= 4 is 23.4 Å². The topological polar surface area (TPSA) is 152 Å². The maximum absolute atomic E-state index is 13.1. The second-order valence-electron chi connectivity index (χ2n) is 9.30. The number of carbonyl (C=O) groups excluding carboxylic acids is 3. The first-order chi connectivity index (χ1) is 17.2. The van der Waals surface area contributed by atoms with Crippen molar-refractivity contribution in [3.8, 4) is 0 Å². The molecule has 3 aliphatic rings. The predicted octanol–water partition coefficient (Wildman–Crippen LogP) is -0.193. The Morgan fingerprint density at radius 2 is 1.83 bits per heavy atom. The number of hydrogen-bond donors (Lipinski definition) is 5. The molecule has 3 aliphatic heterocycles. The van der Waals surface area contributed by atoms with E-state index in [0.29, 0.717) is 25.3 Å². The van der Waals surface area contributed by atoms with Crippen LogP contribution in [-0.4, -0.2) is 74.9 Å². The van der Waals surface area contributed by atoms with Gasteiger partial charge in [-0.3, -0.25) is 29.5 Å². The molecule has 0 aliphatic carbocycles. The molecule has 5 N–H and O–H groups in total. The largest absolute Gasteiger partial charge is 0.379 e. The average Bonchev–Trinajstić information content (AvgIpc) is 3.20. The molecular formula is C25H28N4O7. The molecule has 3 heterocycles. The molecule has 11 heteroatoms. The van der Waals surface area contributed by atoms with Crippen molar-refractivity contribution < 1.29 is 34.4 Å². The number of imide groups is 1. The number of aliphatic hydroxyl groups is 3. The number of nitrogens with one attached hydrogen (secondary N) is 2. The molecule has 11 nitrogen and oxygen atoms in total. The minimum Gasteiger partial charge on any atom is -0.379 e. The van der Waals surface area contributed by atoms with Gasteiger partial charge in [-0.05, 0) is 23.8 Å². The van der Waals surface area contributed by atoms with E-state index in [2.05, 4.69) is 15.5 Å². The second-order valence-corrected chi connectivity index (χ2v) is 9.30. The van der Waals surface area contributed by atoms with E-state index in [0.717, 1.165) is 23.6 Å². The average molecular weight is 497 g/mol. The van der Waals surface area contributed by atoms with Crippen molar-refractivity contribution in [3.05, 3.63) is 64.7 Å². The molecule has 1 atom stereocenters. The number of anilines is 1. The van der Waals surface area contributed by atoms with Gasteiger partial charge < -0.3 is 25.4 Å². The highest BCUT2D eigenvalue weighted by Crippen LogP contribution is 2.37. The summed E-state index contributed by atoms with van der Waals surface area (Å²) in [6, 6.07) is 11.6. The summed E-state index contributed by atoms with van der Waals surface area (Å²) in [5.41, 5.74) is -0.167. The van der Waals surface area contributed by atoms with Crippen LogP contribution in [0.5, 0.6) is 0 Å². The lowest BCUT2D eigenvalue weighted by molar-refractivity contribution is -0.168. The van der Waals surface area contributed by atoms with Gasteiger partial charge in [0.1, 0.15) is 0 Å². The van der Waals surface area contributed by atoms with E-state index in [9.17, 15) is 29.7 Å². The van der Waals surface area contributed by atoms with Crippen LogP contribution in [0.25, 0.3) is 0 Å². The lowest BCUT2D eigenvalue weighted by atomic mass is 10.00. The van der Waals surface area contributed by atoms with Gasteiger partial charge in [0.15, 0.2) is 0 Å². The summed E-state index contributed by atoms with van der Waals surface area (Å²) >= 11 is 0. The molecule has 0 aromatic heterocycles. The Labute approximate surface area is 207 Å². The fourth-order valence-electron chi connectivity index (χ4n) is 4.86. The van der Waals surface area contributed by atoms with Gasteiger partial charge in [-0.2, -0.15) is 0 Å². The third kappa shape index (κ3) is 4.47. The number of rotatable bonds is 6. The smallest absolute Gasteiger partial charge is 0.279 e. The highest BCUT2D eigenvalue weighted by molar-refractivity contribution is 6.07. The number of hydrogen-bond acceptors (Lipinski definition) is 9. The van der Waals surface area contributed by atoms with Crippen LogP contribution in [0, 0.1) is 0 Å². The monoisotopic (exact) mass is 496 g/mol. The van der Waals surface area contributed by atoms with E-state index in [1.807, 2.05) is 6.07 Å². The van der Waals surface area contributed by atoms with Crippen LogP contribution in [0.3, 0.4) is 0 Å². The van der Waals surface area contributed by atoms with Crippen LogP contribution in [0.1, 0.15) is 39.9 Å². The third-order valence-electron chi connectivity index (χ3n) is 6.88. The Hall–Kier alpha value is -3.35. The highest BCUT2D eigenvalue weighted by atomic mass is 16.5. The quantitative estimate of drug-likeness (QED) is 0.271. The molecule has 3 amide bonds. The zero-order valence-electron chi connectivity index (χ0n) is 19.6. The minimum atomic E-state index is -2.46. The Balaban J connectivity index is 1.37. The summed E-state index contributed by atoms with van der Waals surface area (Å²) in [5, 5.41) is 37.7. The van der Waals surface area contributed by atoms with Gasteiger partial charge in [-0.15, -0.1) is 0 Å². The van der Waals surface area contributed by atoms with Gasteiger partial charge in [-0.25, -0.2) is 0 Å². The second kappa shape index (κ2) is 9.26. The SMILES string of the molecule is O=C1CCC(O)(N2Cc3c(NC(O)(O)c4cccc(CN5CCOCC5)c4)cccc3C2=O)C(=O)N1. The molecule has 36 heavy (non-hydrogen) atoms. The van der Waals surface area contributed by atoms with Gasteiger partial charge in [0.2, 0.25) is 11.6 Å². The maximum atomic E-state index is 13.1. The molecule has 190 valence electrons. The van der Waals surface area contributed by atoms with Gasteiger partial charge in [-0.1, -0.05) is 24.3 Å². The van der Waals surface area contributed by atoms with Crippen LogP contribution < -0.4 is 10.6 Å². The van der Waals surface area contributed by atoms with Gasteiger partial charge in [0.05, 0.1) is 19.8 Å². The van der Waals surface area contributed by atoms with E-state index in [-0.39, 0.29) is 36.2 Å². The first-order valence-electron chi connectivity index (χ1n) is 11.8. The highest BCUT2D eigenvalue weighted by Gasteiger charge is 2.51. The summed E-state index contributed by atoms with van der Waals surface area (Å²) in [6.07, 6.45) is -0.329. The van der Waals surface area contributed by atoms with Crippen LogP contribution in [-0.2, 0) is 33.3 Å². The molecule has 2 aromatic carbocycles. The van der Waals surface area contributed by atoms with Gasteiger partial charge in [0.25, 0.3) is 17.7 Å². The van der Waals surface area contributed by atoms with Crippen LogP contribution in [0.15, 0.2) is 42.5 Å². The molecule has 2 saturated heterocycles. The predicted molar refractivity (Wildman–Crippen MR) is 126 cm³/mol. The summed E-state index contributed by atoms with van der Waals surface area (Å²) in [4.78, 5) is 40.2. The summed E-state index contributed by atoms with van der Waals surface area (Å²) in [7, 11) is 0. The Bertz CT molecular complexity index is 1210. The molecule has 1 unspecified atom stereocenters. The van der Waals surface area contributed by atoms with Crippen molar-refractivity contribution in [1.29, 1.82) is 0 Å². The Morgan fingerprint density at radius 1 is 1.08 bits per heavy atom. The number of amides is 3. The van der Waals surface area contributed by atoms with Crippen molar-refractivity contribution in [2.24, 2.45) is 0 Å². The van der Waals surface area contributed by atoms with Crippen molar-refractivity contribution in [1.82, 2.24) is 15.1 Å². The fourth-order valence-corrected chi connectivity index (χ4v) is 4.86. The number of nitrogens with zero attached hydrogens (tertiary/aromatic N) is 2. The molecule has 0 saturated carbocycles. The van der Waals surface area contributed by atoms with E-state index in [4.69, 9.17) is 4.74 Å². The van der Waals surface area contributed by atoms with Crippen LogP contribution in [0.2, 0.25) is 0 Å². The third-order valence-corrected chi connectivity index (χ3v) is 6.88. The molecule has 0 bridgehead atoms. The van der Waals surface area contributed by atoms with E-state index in [1.165, 1.54) is 6.07 Å². The summed E-state index contributed by atoms with van der Waals surface area (Å²) in [6.45, 7) is 3.40. The van der Waals surface area contributed by atoms with Crippen LogP contribution >= 0.6 is 0 Å². The molecule has 0 spiro atoms. The first-order valence-corrected chi connectivity index (χ1v) is 11.8. The van der Waals surface area contributed by atoms with E-state index >= 15 is 0 Å². The number of morpholine rings is 1. The molecule has 0 radical (unpaired) electrons. The lowest BCUT2D eigenvalue weighted by Gasteiger charge is -2.37. The molecule has 2 aromatic rings. The van der Waals surface area contributed by atoms with Crippen molar-refractivity contribution in [3.63, 3.8) is 0 Å². The van der Waals surface area contributed by atoms with E-state index in [1.54, 1.807) is 30.3 Å². The van der Waals surface area contributed by atoms with Crippen LogP contribution in [0.4, 0.5) is 5.69 Å². The standard InChI is InChI=1S/C25H28N4O7/c30-21-7-8-24(33,23(32)26-21)29-15-19-18(22(29)31)5-2-6-20(19)27-25(34,35)17-4-1-3-16(13-17)14-28-9-11-36-12-10-28/h1-6,13,27,33-35H,7-12,14-15H2,(H,26,30,32). The van der Waals surface area contributed by atoms with Crippen molar-refractivity contribution in [2.45, 2.75) is 37.6 Å². The zero-order chi connectivity index (χ0) is 25.5. The molecule has 5 rings (SSSR count). The number of ether oxygens (including phenoxy) is 1. The van der Waals surface area contributed by atoms with Gasteiger partial charge in [0, 0.05) is 54.9 Å². The minimum absolute atomic E-state index is 0.106. The Kier molecular flexibility index (Phi) is 6.27. The number of piperidine rings is 1. The maximum Gasteiger partial charge on any atom is 0.279 e. The summed E-state index contributed by atoms with van der Waals surface area (Å²) < 4.78 is 5.38. The molecule has 2 fully saturated rings. The van der Waals surface area contributed by atoms with E-state index < -0.39 is 29.4 Å².